The van der Waals surface area contributed by atoms with Gasteiger partial charge < -0.3 is 5.11 Å². The summed E-state index contributed by atoms with van der Waals surface area (Å²) in [6, 6.07) is 4.48. The van der Waals surface area contributed by atoms with Gasteiger partial charge in [0.15, 0.2) is 0 Å². The largest absolute Gasteiger partial charge is 0.477 e. The fourth-order valence-corrected chi connectivity index (χ4v) is 3.19. The van der Waals surface area contributed by atoms with Crippen LogP contribution in [0.2, 0.25) is 5.02 Å². The quantitative estimate of drug-likeness (QED) is 0.884. The van der Waals surface area contributed by atoms with Crippen LogP contribution in [-0.2, 0) is 12.8 Å². The highest BCUT2D eigenvalue weighted by Crippen LogP contribution is 2.27. The number of carboxylic acids is 1. The fraction of sp³-hybridized carbons (Fsp3) is 0.333. The van der Waals surface area contributed by atoms with Gasteiger partial charge >= 0.3 is 5.97 Å². The van der Waals surface area contributed by atoms with E-state index < -0.39 is 11.8 Å². The van der Waals surface area contributed by atoms with Gasteiger partial charge in [0.2, 0.25) is 0 Å². The summed E-state index contributed by atoms with van der Waals surface area (Å²) in [6.45, 7) is 4.00. The van der Waals surface area contributed by atoms with Gasteiger partial charge in [-0.1, -0.05) is 31.5 Å². The Morgan fingerprint density at radius 1 is 1.48 bits per heavy atom. The standard InChI is InChI=1S/C15H15ClFNO2S/c1-8(2)6-12-14(15(19)20)21-13(18-12)7-9-10(16)4-3-5-11(9)17/h3-5,8H,6-7H2,1-2H3,(H,19,20). The van der Waals surface area contributed by atoms with E-state index in [4.69, 9.17) is 11.6 Å². The van der Waals surface area contributed by atoms with Crippen molar-refractivity contribution in [1.29, 1.82) is 0 Å². The third-order valence-electron chi connectivity index (χ3n) is 2.93. The van der Waals surface area contributed by atoms with Crippen molar-refractivity contribution in [2.45, 2.75) is 26.7 Å². The summed E-state index contributed by atoms with van der Waals surface area (Å²) in [5, 5.41) is 10.1. The van der Waals surface area contributed by atoms with E-state index in [2.05, 4.69) is 4.98 Å². The van der Waals surface area contributed by atoms with Crippen molar-refractivity contribution < 1.29 is 14.3 Å². The number of benzene rings is 1. The Hall–Kier alpha value is -1.46. The van der Waals surface area contributed by atoms with Gasteiger partial charge in [0.25, 0.3) is 0 Å². The number of hydrogen-bond acceptors (Lipinski definition) is 3. The number of nitrogens with zero attached hydrogens (tertiary/aromatic N) is 1. The molecular weight excluding hydrogens is 313 g/mol. The Labute approximate surface area is 131 Å². The van der Waals surface area contributed by atoms with Gasteiger partial charge in [-0.15, -0.1) is 11.3 Å². The minimum atomic E-state index is -0.992. The number of halogens is 2. The Bertz CT molecular complexity index is 649. The topological polar surface area (TPSA) is 50.2 Å². The summed E-state index contributed by atoms with van der Waals surface area (Å²) in [5.41, 5.74) is 0.908. The van der Waals surface area contributed by atoms with Crippen LogP contribution in [0.15, 0.2) is 18.2 Å². The van der Waals surface area contributed by atoms with Crippen molar-refractivity contribution in [2.75, 3.05) is 0 Å². The van der Waals surface area contributed by atoms with E-state index in [1.807, 2.05) is 13.8 Å². The summed E-state index contributed by atoms with van der Waals surface area (Å²) in [7, 11) is 0. The molecule has 0 atom stereocenters. The zero-order valence-corrected chi connectivity index (χ0v) is 13.3. The number of aromatic nitrogens is 1. The van der Waals surface area contributed by atoms with Crippen molar-refractivity contribution in [3.8, 4) is 0 Å². The molecule has 2 aromatic rings. The Morgan fingerprint density at radius 2 is 2.19 bits per heavy atom. The van der Waals surface area contributed by atoms with Crippen LogP contribution < -0.4 is 0 Å². The molecule has 0 bridgehead atoms. The molecule has 0 aliphatic heterocycles. The second-order valence-electron chi connectivity index (χ2n) is 5.16. The van der Waals surface area contributed by atoms with Crippen LogP contribution in [0.3, 0.4) is 0 Å². The number of carbonyl (C=O) groups is 1. The summed E-state index contributed by atoms with van der Waals surface area (Å²) >= 11 is 7.08. The molecule has 1 N–H and O–H groups in total. The van der Waals surface area contributed by atoms with Crippen LogP contribution in [0, 0.1) is 11.7 Å². The van der Waals surface area contributed by atoms with Crippen LogP contribution in [0.4, 0.5) is 4.39 Å². The molecule has 3 nitrogen and oxygen atoms in total. The van der Waals surface area contributed by atoms with E-state index in [1.54, 1.807) is 6.07 Å². The van der Waals surface area contributed by atoms with E-state index in [1.165, 1.54) is 12.1 Å². The normalized spacial score (nSPS) is 11.1. The number of hydrogen-bond donors (Lipinski definition) is 1. The van der Waals surface area contributed by atoms with Gasteiger partial charge in [-0.3, -0.25) is 0 Å². The van der Waals surface area contributed by atoms with E-state index in [-0.39, 0.29) is 11.3 Å². The maximum atomic E-state index is 13.8. The molecule has 0 saturated heterocycles. The minimum Gasteiger partial charge on any atom is -0.477 e. The number of thiazole rings is 1. The van der Waals surface area contributed by atoms with Gasteiger partial charge in [0, 0.05) is 17.0 Å². The lowest BCUT2D eigenvalue weighted by Gasteiger charge is -2.03. The molecule has 0 radical (unpaired) electrons. The highest BCUT2D eigenvalue weighted by atomic mass is 35.5. The van der Waals surface area contributed by atoms with E-state index >= 15 is 0 Å². The van der Waals surface area contributed by atoms with Crippen LogP contribution >= 0.6 is 22.9 Å². The monoisotopic (exact) mass is 327 g/mol. The lowest BCUT2D eigenvalue weighted by molar-refractivity contribution is 0.0700. The molecule has 0 unspecified atom stereocenters. The maximum absolute atomic E-state index is 13.8. The molecule has 2 rings (SSSR count). The smallest absolute Gasteiger partial charge is 0.347 e. The van der Waals surface area contributed by atoms with E-state index in [0.717, 1.165) is 11.3 Å². The molecule has 1 heterocycles. The molecule has 0 amide bonds. The number of aromatic carboxylic acids is 1. The molecule has 21 heavy (non-hydrogen) atoms. The molecular formula is C15H15ClFNO2S. The zero-order valence-electron chi connectivity index (χ0n) is 11.7. The predicted octanol–water partition coefficient (Wildman–Crippen LogP) is 4.42. The van der Waals surface area contributed by atoms with Gasteiger partial charge in [0.1, 0.15) is 10.7 Å². The summed E-state index contributed by atoms with van der Waals surface area (Å²) in [6.07, 6.45) is 0.789. The fourth-order valence-electron chi connectivity index (χ4n) is 2.02. The van der Waals surface area contributed by atoms with Gasteiger partial charge in [0.05, 0.1) is 10.7 Å². The van der Waals surface area contributed by atoms with Gasteiger partial charge in [-0.2, -0.15) is 0 Å². The molecule has 0 fully saturated rings. The maximum Gasteiger partial charge on any atom is 0.347 e. The molecule has 1 aromatic carbocycles. The second kappa shape index (κ2) is 6.54. The highest BCUT2D eigenvalue weighted by molar-refractivity contribution is 7.13. The Morgan fingerprint density at radius 3 is 2.76 bits per heavy atom. The summed E-state index contributed by atoms with van der Waals surface area (Å²) < 4.78 is 13.8. The lowest BCUT2D eigenvalue weighted by atomic mass is 10.1. The molecule has 6 heteroatoms. The van der Waals surface area contributed by atoms with Crippen molar-refractivity contribution in [2.24, 2.45) is 5.92 Å². The second-order valence-corrected chi connectivity index (χ2v) is 6.65. The Balaban J connectivity index is 2.35. The average molecular weight is 328 g/mol. The minimum absolute atomic E-state index is 0.203. The highest BCUT2D eigenvalue weighted by Gasteiger charge is 2.19. The molecule has 0 saturated carbocycles. The molecule has 0 aliphatic rings. The Kier molecular flexibility index (Phi) is 4.96. The predicted molar refractivity (Wildman–Crippen MR) is 81.8 cm³/mol. The molecule has 0 aliphatic carbocycles. The molecule has 0 spiro atoms. The van der Waals surface area contributed by atoms with Crippen LogP contribution in [-0.4, -0.2) is 16.1 Å². The zero-order chi connectivity index (χ0) is 15.6. The van der Waals surface area contributed by atoms with Gasteiger partial charge in [-0.25, -0.2) is 14.2 Å². The van der Waals surface area contributed by atoms with Crippen LogP contribution in [0.25, 0.3) is 0 Å². The average Bonchev–Trinajstić information content (AvgIpc) is 2.76. The number of carboxylic acid groups (broad SMARTS) is 1. The first-order chi connectivity index (χ1) is 9.88. The molecule has 112 valence electrons. The first-order valence-corrected chi connectivity index (χ1v) is 7.72. The van der Waals surface area contributed by atoms with E-state index in [0.29, 0.717) is 33.6 Å². The third kappa shape index (κ3) is 3.80. The van der Waals surface area contributed by atoms with Crippen LogP contribution in [0.5, 0.6) is 0 Å². The SMILES string of the molecule is CC(C)Cc1nc(Cc2c(F)cccc2Cl)sc1C(=O)O. The first-order valence-electron chi connectivity index (χ1n) is 6.53. The lowest BCUT2D eigenvalue weighted by Crippen LogP contribution is -2.02. The van der Waals surface area contributed by atoms with Crippen molar-refractivity contribution >= 4 is 28.9 Å². The molecule has 1 aromatic heterocycles. The third-order valence-corrected chi connectivity index (χ3v) is 4.37. The van der Waals surface area contributed by atoms with Gasteiger partial charge in [-0.05, 0) is 24.5 Å². The van der Waals surface area contributed by atoms with Crippen LogP contribution in [0.1, 0.15) is 39.8 Å². The number of rotatable bonds is 5. The van der Waals surface area contributed by atoms with Crippen molar-refractivity contribution in [1.82, 2.24) is 4.98 Å². The summed E-state index contributed by atoms with van der Waals surface area (Å²) in [4.78, 5) is 15.9. The summed E-state index contributed by atoms with van der Waals surface area (Å²) in [5.74, 6) is -1.09. The van der Waals surface area contributed by atoms with Crippen molar-refractivity contribution in [3.05, 3.63) is 50.2 Å². The van der Waals surface area contributed by atoms with Crippen molar-refractivity contribution in [3.63, 3.8) is 0 Å². The van der Waals surface area contributed by atoms with E-state index in [9.17, 15) is 14.3 Å². The first kappa shape index (κ1) is 15.9.